The zero-order valence-electron chi connectivity index (χ0n) is 14.7. The van der Waals surface area contributed by atoms with E-state index in [0.717, 1.165) is 29.7 Å². The van der Waals surface area contributed by atoms with Gasteiger partial charge in [0.1, 0.15) is 12.4 Å². The van der Waals surface area contributed by atoms with Crippen molar-refractivity contribution in [2.24, 2.45) is 0 Å². The Morgan fingerprint density at radius 2 is 1.80 bits per heavy atom. The topological polar surface area (TPSA) is 45.7 Å². The lowest BCUT2D eigenvalue weighted by Gasteiger charge is -2.25. The van der Waals surface area contributed by atoms with Gasteiger partial charge in [0.2, 0.25) is 0 Å². The Morgan fingerprint density at radius 1 is 1.08 bits per heavy atom. The van der Waals surface area contributed by atoms with E-state index in [9.17, 15) is 4.79 Å². The zero-order valence-corrected chi connectivity index (χ0v) is 16.3. The maximum Gasteiger partial charge on any atom is 0.415 e. The molecule has 25 heavy (non-hydrogen) atoms. The summed E-state index contributed by atoms with van der Waals surface area (Å²) >= 11 is 3.37. The highest BCUT2D eigenvalue weighted by atomic mass is 79.9. The SMILES string of the molecule is CCN(CC)CCN(C(=O)OCc1ccccc1)c1ccc(Br)cn1. The fraction of sp³-hybridized carbons (Fsp3) is 0.368. The molecule has 0 aliphatic heterocycles. The van der Waals surface area contributed by atoms with Crippen LogP contribution in [-0.2, 0) is 11.3 Å². The lowest BCUT2D eigenvalue weighted by Crippen LogP contribution is -2.39. The molecule has 0 bridgehead atoms. The van der Waals surface area contributed by atoms with Gasteiger partial charge in [-0.25, -0.2) is 9.78 Å². The maximum atomic E-state index is 12.6. The number of halogens is 1. The number of rotatable bonds is 8. The van der Waals surface area contributed by atoms with E-state index < -0.39 is 0 Å². The minimum Gasteiger partial charge on any atom is -0.444 e. The summed E-state index contributed by atoms with van der Waals surface area (Å²) in [5.41, 5.74) is 0.961. The third kappa shape index (κ3) is 6.14. The molecule has 0 saturated carbocycles. The van der Waals surface area contributed by atoms with E-state index in [2.05, 4.69) is 39.7 Å². The van der Waals surface area contributed by atoms with Gasteiger partial charge >= 0.3 is 6.09 Å². The van der Waals surface area contributed by atoms with Crippen LogP contribution in [-0.4, -0.2) is 42.2 Å². The molecule has 2 aromatic rings. The molecule has 0 unspecified atom stereocenters. The third-order valence-corrected chi connectivity index (χ3v) is 4.42. The molecule has 0 atom stereocenters. The molecule has 0 fully saturated rings. The van der Waals surface area contributed by atoms with Crippen LogP contribution in [0.25, 0.3) is 0 Å². The summed E-state index contributed by atoms with van der Waals surface area (Å²) in [5, 5.41) is 0. The quantitative estimate of drug-likeness (QED) is 0.655. The Labute approximate surface area is 157 Å². The smallest absolute Gasteiger partial charge is 0.415 e. The average molecular weight is 406 g/mol. The molecule has 0 N–H and O–H groups in total. The van der Waals surface area contributed by atoms with Crippen molar-refractivity contribution in [2.75, 3.05) is 31.1 Å². The van der Waals surface area contributed by atoms with Crippen molar-refractivity contribution in [3.8, 4) is 0 Å². The van der Waals surface area contributed by atoms with E-state index in [4.69, 9.17) is 4.74 Å². The molecular formula is C19H24BrN3O2. The van der Waals surface area contributed by atoms with E-state index in [0.29, 0.717) is 12.4 Å². The van der Waals surface area contributed by atoms with Gasteiger partial charge in [-0.3, -0.25) is 4.90 Å². The fourth-order valence-corrected chi connectivity index (χ4v) is 2.64. The summed E-state index contributed by atoms with van der Waals surface area (Å²) in [5.74, 6) is 0.591. The Morgan fingerprint density at radius 3 is 2.40 bits per heavy atom. The molecule has 1 aromatic carbocycles. The van der Waals surface area contributed by atoms with Crippen LogP contribution >= 0.6 is 15.9 Å². The van der Waals surface area contributed by atoms with Gasteiger partial charge in [-0.05, 0) is 46.7 Å². The van der Waals surface area contributed by atoms with E-state index >= 15 is 0 Å². The number of amides is 1. The molecule has 1 heterocycles. The molecule has 6 heteroatoms. The maximum absolute atomic E-state index is 12.6. The van der Waals surface area contributed by atoms with Crippen molar-refractivity contribution >= 4 is 27.8 Å². The summed E-state index contributed by atoms with van der Waals surface area (Å²) in [4.78, 5) is 20.8. The second-order valence-electron chi connectivity index (χ2n) is 5.55. The van der Waals surface area contributed by atoms with Gasteiger partial charge in [0, 0.05) is 23.8 Å². The van der Waals surface area contributed by atoms with Crippen molar-refractivity contribution in [1.29, 1.82) is 0 Å². The predicted molar refractivity (Wildman–Crippen MR) is 104 cm³/mol. The van der Waals surface area contributed by atoms with Crippen molar-refractivity contribution in [2.45, 2.75) is 20.5 Å². The number of likely N-dealkylation sites (N-methyl/N-ethyl adjacent to an activating group) is 1. The van der Waals surface area contributed by atoms with E-state index in [1.807, 2.05) is 42.5 Å². The minimum atomic E-state index is -0.383. The largest absolute Gasteiger partial charge is 0.444 e. The number of hydrogen-bond donors (Lipinski definition) is 0. The van der Waals surface area contributed by atoms with E-state index in [-0.39, 0.29) is 12.7 Å². The van der Waals surface area contributed by atoms with Crippen LogP contribution in [0.2, 0.25) is 0 Å². The van der Waals surface area contributed by atoms with E-state index in [1.165, 1.54) is 0 Å². The predicted octanol–water partition coefficient (Wildman–Crippen LogP) is 4.33. The van der Waals surface area contributed by atoms with Gasteiger partial charge < -0.3 is 9.64 Å². The number of nitrogens with zero attached hydrogens (tertiary/aromatic N) is 3. The van der Waals surface area contributed by atoms with E-state index in [1.54, 1.807) is 11.1 Å². The molecule has 0 saturated heterocycles. The van der Waals surface area contributed by atoms with Crippen molar-refractivity contribution in [3.63, 3.8) is 0 Å². The number of hydrogen-bond acceptors (Lipinski definition) is 4. The van der Waals surface area contributed by atoms with Crippen molar-refractivity contribution < 1.29 is 9.53 Å². The first kappa shape index (κ1) is 19.4. The molecule has 5 nitrogen and oxygen atoms in total. The third-order valence-electron chi connectivity index (χ3n) is 3.95. The standard InChI is InChI=1S/C19H24BrN3O2/c1-3-22(4-2)12-13-23(18-11-10-17(20)14-21-18)19(24)25-15-16-8-6-5-7-9-16/h5-11,14H,3-4,12-13,15H2,1-2H3. The Bertz CT molecular complexity index is 645. The molecule has 1 aromatic heterocycles. The van der Waals surface area contributed by atoms with Crippen LogP contribution in [0, 0.1) is 0 Å². The number of benzene rings is 1. The number of carbonyl (C=O) groups is 1. The van der Waals surface area contributed by atoms with Gasteiger partial charge in [0.05, 0.1) is 0 Å². The molecule has 1 amide bonds. The lowest BCUT2D eigenvalue weighted by molar-refractivity contribution is 0.146. The van der Waals surface area contributed by atoms with Gasteiger partial charge in [-0.1, -0.05) is 44.2 Å². The van der Waals surface area contributed by atoms with Crippen LogP contribution in [0.5, 0.6) is 0 Å². The lowest BCUT2D eigenvalue weighted by atomic mass is 10.2. The highest BCUT2D eigenvalue weighted by Gasteiger charge is 2.19. The normalized spacial score (nSPS) is 10.7. The molecular weight excluding hydrogens is 382 g/mol. The van der Waals surface area contributed by atoms with Crippen molar-refractivity contribution in [1.82, 2.24) is 9.88 Å². The second-order valence-corrected chi connectivity index (χ2v) is 6.47. The van der Waals surface area contributed by atoms with Gasteiger partial charge in [0.15, 0.2) is 0 Å². The second kappa shape index (κ2) is 10.2. The first-order chi connectivity index (χ1) is 12.1. The highest BCUT2D eigenvalue weighted by Crippen LogP contribution is 2.16. The fourth-order valence-electron chi connectivity index (χ4n) is 2.41. The van der Waals surface area contributed by atoms with Gasteiger partial charge in [0.25, 0.3) is 0 Å². The summed E-state index contributed by atoms with van der Waals surface area (Å²) in [7, 11) is 0. The number of pyridine rings is 1. The van der Waals surface area contributed by atoms with Gasteiger partial charge in [-0.15, -0.1) is 0 Å². The molecule has 2 rings (SSSR count). The number of ether oxygens (including phenoxy) is 1. The Kier molecular flexibility index (Phi) is 7.88. The van der Waals surface area contributed by atoms with Crippen LogP contribution in [0.3, 0.4) is 0 Å². The van der Waals surface area contributed by atoms with Gasteiger partial charge in [-0.2, -0.15) is 0 Å². The van der Waals surface area contributed by atoms with Crippen LogP contribution < -0.4 is 4.90 Å². The summed E-state index contributed by atoms with van der Waals surface area (Å²) in [6.07, 6.45) is 1.30. The first-order valence-corrected chi connectivity index (χ1v) is 9.25. The van der Waals surface area contributed by atoms with Crippen molar-refractivity contribution in [3.05, 3.63) is 58.7 Å². The molecule has 0 spiro atoms. The Hall–Kier alpha value is -1.92. The number of anilines is 1. The molecule has 0 radical (unpaired) electrons. The number of carbonyl (C=O) groups excluding carboxylic acids is 1. The summed E-state index contributed by atoms with van der Waals surface area (Å²) < 4.78 is 6.36. The van der Waals surface area contributed by atoms with Crippen LogP contribution in [0.4, 0.5) is 10.6 Å². The summed E-state index contributed by atoms with van der Waals surface area (Å²) in [6, 6.07) is 13.4. The zero-order chi connectivity index (χ0) is 18.1. The van der Waals surface area contributed by atoms with Crippen LogP contribution in [0.15, 0.2) is 53.1 Å². The Balaban J connectivity index is 2.06. The van der Waals surface area contributed by atoms with Crippen LogP contribution in [0.1, 0.15) is 19.4 Å². The minimum absolute atomic E-state index is 0.248. The average Bonchev–Trinajstić information content (AvgIpc) is 2.65. The summed E-state index contributed by atoms with van der Waals surface area (Å²) in [6.45, 7) is 7.65. The number of aromatic nitrogens is 1. The molecule has 0 aliphatic carbocycles. The molecule has 0 aliphatic rings. The monoisotopic (exact) mass is 405 g/mol. The first-order valence-electron chi connectivity index (χ1n) is 8.46. The highest BCUT2D eigenvalue weighted by molar-refractivity contribution is 9.10. The molecule has 134 valence electrons.